The number of carbonyl (C=O) groups excluding carboxylic acids is 1. The van der Waals surface area contributed by atoms with Crippen molar-refractivity contribution in [2.75, 3.05) is 20.8 Å². The van der Waals surface area contributed by atoms with Crippen LogP contribution in [0.3, 0.4) is 0 Å². The Morgan fingerprint density at radius 2 is 1.08 bits per heavy atom. The molecule has 1 saturated carbocycles. The maximum Gasteiger partial charge on any atom is 0.461 e. The molecule has 0 bridgehead atoms. The summed E-state index contributed by atoms with van der Waals surface area (Å²) >= 11 is 0. The van der Waals surface area contributed by atoms with Crippen LogP contribution in [0, 0.1) is 5.92 Å². The van der Waals surface area contributed by atoms with E-state index in [0.29, 0.717) is 6.61 Å². The first-order chi connectivity index (χ1) is 25.0. The summed E-state index contributed by atoms with van der Waals surface area (Å²) in [5, 5.41) is 0. The van der Waals surface area contributed by atoms with Gasteiger partial charge >= 0.3 is 13.2 Å². The molecule has 0 unspecified atom stereocenters. The normalized spacial score (nSPS) is 24.6. The molecule has 1 amide bonds. The topological polar surface area (TPSA) is 75.7 Å². The van der Waals surface area contributed by atoms with Crippen molar-refractivity contribution in [3.8, 4) is 0 Å². The lowest BCUT2D eigenvalue weighted by Crippen LogP contribution is -2.56. The van der Waals surface area contributed by atoms with Crippen molar-refractivity contribution in [1.82, 2.24) is 4.90 Å². The van der Waals surface area contributed by atoms with E-state index in [1.807, 2.05) is 107 Å². The first-order valence-electron chi connectivity index (χ1n) is 18.3. The predicted molar refractivity (Wildman–Crippen MR) is 201 cm³/mol. The van der Waals surface area contributed by atoms with Gasteiger partial charge in [0.05, 0.1) is 12.6 Å². The summed E-state index contributed by atoms with van der Waals surface area (Å²) < 4.78 is 40.3. The van der Waals surface area contributed by atoms with Gasteiger partial charge in [0.15, 0.2) is 0 Å². The lowest BCUT2D eigenvalue weighted by Gasteiger charge is -2.47. The molecule has 1 aliphatic carbocycles. The Morgan fingerprint density at radius 1 is 0.692 bits per heavy atom. The van der Waals surface area contributed by atoms with Crippen LogP contribution in [0.15, 0.2) is 121 Å². The third-order valence-electron chi connectivity index (χ3n) is 10.9. The molecule has 3 fully saturated rings. The molecule has 0 spiro atoms. The first kappa shape index (κ1) is 36.4. The second-order valence-corrected chi connectivity index (χ2v) is 15.6. The van der Waals surface area contributed by atoms with Crippen molar-refractivity contribution in [2.45, 2.75) is 87.6 Å². The number of methoxy groups -OCH3 is 2. The summed E-state index contributed by atoms with van der Waals surface area (Å²) in [5.41, 5.74) is 0.0820. The number of nitrogens with zero attached hydrogens (tertiary/aromatic N) is 1. The fourth-order valence-electron chi connectivity index (χ4n) is 8.53. The van der Waals surface area contributed by atoms with Crippen LogP contribution in [-0.4, -0.2) is 68.5 Å². The number of rotatable bonds is 10. The average molecular weight is 704 g/mol. The molecular formula is C43H50BNO7. The Balaban J connectivity index is 1.35. The van der Waals surface area contributed by atoms with Crippen molar-refractivity contribution in [1.29, 1.82) is 0 Å². The molecule has 7 rings (SSSR count). The smallest absolute Gasteiger partial charge is 0.444 e. The monoisotopic (exact) mass is 703 g/mol. The Bertz CT molecular complexity index is 1620. The van der Waals surface area contributed by atoms with E-state index in [1.165, 1.54) is 0 Å². The van der Waals surface area contributed by atoms with Gasteiger partial charge in [-0.1, -0.05) is 121 Å². The molecule has 2 saturated heterocycles. The van der Waals surface area contributed by atoms with E-state index in [-0.39, 0.29) is 23.9 Å². The minimum absolute atomic E-state index is 0.0258. The van der Waals surface area contributed by atoms with Gasteiger partial charge in [0.2, 0.25) is 0 Å². The third-order valence-corrected chi connectivity index (χ3v) is 10.9. The summed E-state index contributed by atoms with van der Waals surface area (Å²) in [4.78, 5) is 15.4. The van der Waals surface area contributed by atoms with Crippen LogP contribution < -0.4 is 0 Å². The average Bonchev–Trinajstić information content (AvgIpc) is 3.70. The van der Waals surface area contributed by atoms with Crippen LogP contribution in [0.2, 0.25) is 5.82 Å². The van der Waals surface area contributed by atoms with Gasteiger partial charge in [-0.2, -0.15) is 0 Å². The second kappa shape index (κ2) is 14.1. The molecule has 4 aromatic rings. The molecule has 52 heavy (non-hydrogen) atoms. The molecule has 9 heteroatoms. The van der Waals surface area contributed by atoms with Crippen molar-refractivity contribution >= 4 is 13.2 Å². The zero-order valence-corrected chi connectivity index (χ0v) is 31.2. The molecule has 2 heterocycles. The quantitative estimate of drug-likeness (QED) is 0.154. The summed E-state index contributed by atoms with van der Waals surface area (Å²) in [6.07, 6.45) is -0.965. The van der Waals surface area contributed by atoms with E-state index in [1.54, 1.807) is 19.1 Å². The fraction of sp³-hybridized carbons (Fsp3) is 0.419. The highest BCUT2D eigenvalue weighted by atomic mass is 16.7. The van der Waals surface area contributed by atoms with E-state index in [0.717, 1.165) is 28.7 Å². The van der Waals surface area contributed by atoms with E-state index in [4.69, 9.17) is 28.3 Å². The summed E-state index contributed by atoms with van der Waals surface area (Å²) in [7, 11) is 2.85. The van der Waals surface area contributed by atoms with Crippen LogP contribution in [0.5, 0.6) is 0 Å². The Hall–Kier alpha value is -3.99. The number of ether oxygens (including phenoxy) is 4. The highest BCUT2D eigenvalue weighted by molar-refractivity contribution is 6.48. The van der Waals surface area contributed by atoms with Gasteiger partial charge in [0, 0.05) is 14.2 Å². The predicted octanol–water partition coefficient (Wildman–Crippen LogP) is 8.20. The number of hydrogen-bond donors (Lipinski definition) is 0. The molecule has 2 aliphatic heterocycles. The van der Waals surface area contributed by atoms with Crippen molar-refractivity contribution in [3.63, 3.8) is 0 Å². The number of benzene rings is 4. The van der Waals surface area contributed by atoms with Gasteiger partial charge in [0.25, 0.3) is 0 Å². The fourth-order valence-corrected chi connectivity index (χ4v) is 8.53. The summed E-state index contributed by atoms with van der Waals surface area (Å²) in [6.45, 7) is 9.89. The van der Waals surface area contributed by atoms with Crippen molar-refractivity contribution in [3.05, 3.63) is 144 Å². The van der Waals surface area contributed by atoms with Gasteiger partial charge in [0.1, 0.15) is 34.7 Å². The molecule has 0 N–H and O–H groups in total. The minimum Gasteiger partial charge on any atom is -0.444 e. The molecular weight excluding hydrogens is 653 g/mol. The zero-order chi connectivity index (χ0) is 36.7. The standard InChI is InChI=1S/C43H50BNO7/c1-40(2,3)50-39(46)45-36(29-49-41(45,4)5)34-28-35(34)44-51-37(42(47-6,30-20-12-8-13-21-30)31-22-14-9-15-23-31)38(52-44)43(48-7,32-24-16-10-17-25-32)33-26-18-11-19-27-33/h8-27,34-38H,28-29H2,1-7H3/t34-,35+,36+,37+,38+/m1/s1. The minimum atomic E-state index is -1.10. The van der Waals surface area contributed by atoms with E-state index in [2.05, 4.69) is 48.5 Å². The largest absolute Gasteiger partial charge is 0.461 e. The van der Waals surface area contributed by atoms with Crippen molar-refractivity contribution in [2.24, 2.45) is 5.92 Å². The van der Waals surface area contributed by atoms with Gasteiger partial charge < -0.3 is 28.3 Å². The molecule has 8 nitrogen and oxygen atoms in total. The van der Waals surface area contributed by atoms with E-state index in [9.17, 15) is 4.79 Å². The maximum atomic E-state index is 13.6. The summed E-state index contributed by atoms with van der Waals surface area (Å²) in [5.74, 6) is 0.0385. The molecule has 3 aliphatic rings. The molecule has 0 aromatic heterocycles. The highest BCUT2D eigenvalue weighted by Gasteiger charge is 2.67. The molecule has 272 valence electrons. The van der Waals surface area contributed by atoms with Gasteiger partial charge in [-0.3, -0.25) is 4.90 Å². The number of carbonyl (C=O) groups is 1. The zero-order valence-electron chi connectivity index (χ0n) is 31.2. The molecule has 4 aromatic carbocycles. The van der Waals surface area contributed by atoms with Gasteiger partial charge in [-0.15, -0.1) is 0 Å². The second-order valence-electron chi connectivity index (χ2n) is 15.6. The molecule has 0 radical (unpaired) electrons. The van der Waals surface area contributed by atoms with Gasteiger partial charge in [-0.05, 0) is 75.0 Å². The van der Waals surface area contributed by atoms with Crippen LogP contribution in [-0.2, 0) is 39.5 Å². The van der Waals surface area contributed by atoms with E-state index >= 15 is 0 Å². The maximum absolute atomic E-state index is 13.6. The summed E-state index contributed by atoms with van der Waals surface area (Å²) in [6, 6.07) is 40.7. The Kier molecular flexibility index (Phi) is 9.87. The highest BCUT2D eigenvalue weighted by Crippen LogP contribution is 2.59. The Morgan fingerprint density at radius 3 is 1.42 bits per heavy atom. The van der Waals surface area contributed by atoms with Crippen LogP contribution in [0.1, 0.15) is 63.3 Å². The SMILES string of the molecule is COC(c1ccccc1)(c1ccccc1)[C@H]1OB([C@H]2C[C@H]2[C@@H]2COC(C)(C)N2C(=O)OC(C)(C)C)O[C@@H]1C(OC)(c1ccccc1)c1ccccc1. The number of amides is 1. The van der Waals surface area contributed by atoms with Gasteiger partial charge in [-0.25, -0.2) is 4.79 Å². The van der Waals surface area contributed by atoms with Crippen LogP contribution in [0.4, 0.5) is 4.79 Å². The first-order valence-corrected chi connectivity index (χ1v) is 18.3. The molecule has 5 atom stereocenters. The lowest BCUT2D eigenvalue weighted by atomic mass is 9.71. The van der Waals surface area contributed by atoms with Crippen LogP contribution in [0.25, 0.3) is 0 Å². The number of hydrogen-bond acceptors (Lipinski definition) is 7. The lowest BCUT2D eigenvalue weighted by molar-refractivity contribution is -0.136. The van der Waals surface area contributed by atoms with Crippen molar-refractivity contribution < 1.29 is 33.1 Å². The van der Waals surface area contributed by atoms with Crippen LogP contribution >= 0.6 is 0 Å². The third kappa shape index (κ3) is 6.37. The van der Waals surface area contributed by atoms with E-state index < -0.39 is 41.9 Å². The Labute approximate surface area is 308 Å².